The number of hydrogen-bond donors (Lipinski definition) is 2. The lowest BCUT2D eigenvalue weighted by Crippen LogP contribution is -2.11. The van der Waals surface area contributed by atoms with Crippen LogP contribution in [0.3, 0.4) is 0 Å². The minimum atomic E-state index is -1.03. The summed E-state index contributed by atoms with van der Waals surface area (Å²) in [7, 11) is 0. The molecule has 0 radical (unpaired) electrons. The summed E-state index contributed by atoms with van der Waals surface area (Å²) in [6.45, 7) is 0. The number of nitrogens with two attached hydrogens (primary N) is 1. The molecular weight excluding hydrogens is 421 g/mol. The molecule has 1 aliphatic carbocycles. The zero-order chi connectivity index (χ0) is 20.7. The van der Waals surface area contributed by atoms with Gasteiger partial charge in [-0.15, -0.1) is 21.5 Å². The number of nitrogens with one attached hydrogen (secondary N) is 1. The Bertz CT molecular complexity index is 1240. The molecule has 0 saturated heterocycles. The lowest BCUT2D eigenvalue weighted by atomic mass is 10.1. The quantitative estimate of drug-likeness (QED) is 0.418. The van der Waals surface area contributed by atoms with Crippen LogP contribution in [0.4, 0.5) is 15.2 Å². The van der Waals surface area contributed by atoms with Gasteiger partial charge >= 0.3 is 0 Å². The lowest BCUT2D eigenvalue weighted by Gasteiger charge is -2.08. The van der Waals surface area contributed by atoms with Crippen molar-refractivity contribution in [2.75, 3.05) is 11.1 Å². The lowest BCUT2D eigenvalue weighted by molar-refractivity contribution is 0.103. The number of alkyl halides is 1. The molecule has 4 aromatic rings. The minimum absolute atomic E-state index is 0.326. The van der Waals surface area contributed by atoms with E-state index >= 15 is 0 Å². The Balaban J connectivity index is 1.44. The Labute approximate surface area is 180 Å². The van der Waals surface area contributed by atoms with Gasteiger partial charge in [0.15, 0.2) is 0 Å². The van der Waals surface area contributed by atoms with E-state index in [2.05, 4.69) is 20.5 Å². The van der Waals surface area contributed by atoms with Crippen molar-refractivity contribution < 1.29 is 9.18 Å². The van der Waals surface area contributed by atoms with Crippen LogP contribution in [0, 0.1) is 0 Å². The zero-order valence-electron chi connectivity index (χ0n) is 15.9. The number of pyridine rings is 1. The highest BCUT2D eigenvalue weighted by atomic mass is 32.1. The van der Waals surface area contributed by atoms with Crippen LogP contribution in [0.15, 0.2) is 36.4 Å². The molecule has 9 heteroatoms. The molecule has 152 valence electrons. The second-order valence-electron chi connectivity index (χ2n) is 7.17. The largest absolute Gasteiger partial charge is 0.397 e. The Kier molecular flexibility index (Phi) is 4.92. The fourth-order valence-corrected chi connectivity index (χ4v) is 5.37. The van der Waals surface area contributed by atoms with Crippen LogP contribution in [-0.4, -0.2) is 21.1 Å². The van der Waals surface area contributed by atoms with Crippen LogP contribution in [0.25, 0.3) is 20.8 Å². The van der Waals surface area contributed by atoms with Crippen molar-refractivity contribution in [2.45, 2.75) is 31.9 Å². The molecule has 0 fully saturated rings. The normalized spacial score (nSPS) is 16.2. The maximum absolute atomic E-state index is 14.5. The van der Waals surface area contributed by atoms with E-state index in [0.717, 1.165) is 35.5 Å². The standard InChI is InChI=1S/C21H18FN5OS2/c22-14-8-4-5-9-15-12(14)10-13-16(23)17(29-20(13)24-15)18(28)25-21-27-26-19(30-21)11-6-2-1-3-7-11/h1-3,6-7,10,14H,4-5,8-9,23H2,(H,25,27,28). The third-order valence-electron chi connectivity index (χ3n) is 5.16. The van der Waals surface area contributed by atoms with Gasteiger partial charge in [0.05, 0.1) is 5.69 Å². The van der Waals surface area contributed by atoms with E-state index < -0.39 is 6.17 Å². The highest BCUT2D eigenvalue weighted by Crippen LogP contribution is 2.39. The number of nitrogen functional groups attached to an aromatic ring is 1. The molecule has 3 heterocycles. The topological polar surface area (TPSA) is 93.8 Å². The van der Waals surface area contributed by atoms with E-state index in [1.165, 1.54) is 22.7 Å². The Morgan fingerprint density at radius 1 is 1.17 bits per heavy atom. The number of anilines is 2. The highest BCUT2D eigenvalue weighted by Gasteiger charge is 2.24. The van der Waals surface area contributed by atoms with Crippen molar-refractivity contribution in [3.8, 4) is 10.6 Å². The molecule has 3 N–H and O–H groups in total. The number of benzene rings is 1. The fourth-order valence-electron chi connectivity index (χ4n) is 3.63. The number of carbonyl (C=O) groups excluding carboxylic acids is 1. The number of nitrogens with zero attached hydrogens (tertiary/aromatic N) is 3. The van der Waals surface area contributed by atoms with Crippen LogP contribution in [0.2, 0.25) is 0 Å². The van der Waals surface area contributed by atoms with E-state index in [1.54, 1.807) is 6.07 Å². The first-order valence-corrected chi connectivity index (χ1v) is 11.3. The average molecular weight is 440 g/mol. The van der Waals surface area contributed by atoms with Crippen molar-refractivity contribution in [3.05, 3.63) is 52.5 Å². The van der Waals surface area contributed by atoms with Gasteiger partial charge in [0.25, 0.3) is 5.91 Å². The molecule has 0 aliphatic heterocycles. The first-order valence-electron chi connectivity index (χ1n) is 9.66. The highest BCUT2D eigenvalue weighted by molar-refractivity contribution is 7.21. The molecule has 1 aromatic carbocycles. The molecule has 1 atom stereocenters. The zero-order valence-corrected chi connectivity index (χ0v) is 17.5. The molecule has 3 aromatic heterocycles. The summed E-state index contributed by atoms with van der Waals surface area (Å²) in [6, 6.07) is 11.4. The molecule has 6 nitrogen and oxygen atoms in total. The molecule has 30 heavy (non-hydrogen) atoms. The van der Waals surface area contributed by atoms with Crippen molar-refractivity contribution in [2.24, 2.45) is 0 Å². The van der Waals surface area contributed by atoms with Gasteiger partial charge in [-0.3, -0.25) is 10.1 Å². The van der Waals surface area contributed by atoms with Gasteiger partial charge in [-0.25, -0.2) is 9.37 Å². The van der Waals surface area contributed by atoms with Crippen LogP contribution in [0.1, 0.15) is 46.4 Å². The number of thiophene rings is 1. The number of aryl methyl sites for hydroxylation is 1. The summed E-state index contributed by atoms with van der Waals surface area (Å²) in [5.74, 6) is -0.363. The third kappa shape index (κ3) is 3.44. The van der Waals surface area contributed by atoms with Crippen LogP contribution in [-0.2, 0) is 6.42 Å². The summed E-state index contributed by atoms with van der Waals surface area (Å²) in [6.07, 6.45) is 1.98. The predicted molar refractivity (Wildman–Crippen MR) is 119 cm³/mol. The van der Waals surface area contributed by atoms with Gasteiger partial charge in [0.2, 0.25) is 5.13 Å². The van der Waals surface area contributed by atoms with Gasteiger partial charge in [0.1, 0.15) is 20.9 Å². The molecule has 0 spiro atoms. The molecule has 1 unspecified atom stereocenters. The summed E-state index contributed by atoms with van der Waals surface area (Å²) < 4.78 is 14.5. The summed E-state index contributed by atoms with van der Waals surface area (Å²) in [5.41, 5.74) is 8.90. The van der Waals surface area contributed by atoms with Gasteiger partial charge < -0.3 is 5.73 Å². The molecule has 1 aliphatic rings. The number of amides is 1. The number of fused-ring (bicyclic) bond motifs is 2. The van der Waals surface area contributed by atoms with E-state index in [9.17, 15) is 9.18 Å². The minimum Gasteiger partial charge on any atom is -0.397 e. The van der Waals surface area contributed by atoms with Gasteiger partial charge in [-0.05, 0) is 31.7 Å². The monoisotopic (exact) mass is 439 g/mol. The second-order valence-corrected chi connectivity index (χ2v) is 9.14. The summed E-state index contributed by atoms with van der Waals surface area (Å²) >= 11 is 2.51. The van der Waals surface area contributed by atoms with E-state index in [0.29, 0.717) is 37.9 Å². The molecule has 1 amide bonds. The number of hydrogen-bond acceptors (Lipinski definition) is 7. The Morgan fingerprint density at radius 3 is 2.83 bits per heavy atom. The van der Waals surface area contributed by atoms with E-state index in [-0.39, 0.29) is 5.91 Å². The molecular formula is C21H18FN5OS2. The van der Waals surface area contributed by atoms with Crippen LogP contribution in [0.5, 0.6) is 0 Å². The SMILES string of the molecule is Nc1c(C(=O)Nc2nnc(-c3ccccc3)s2)sc2nc3c(cc12)C(F)CCCC3. The summed E-state index contributed by atoms with van der Waals surface area (Å²) in [5, 5.41) is 12.7. The van der Waals surface area contributed by atoms with E-state index in [4.69, 9.17) is 5.73 Å². The molecule has 0 saturated carbocycles. The smallest absolute Gasteiger partial charge is 0.269 e. The van der Waals surface area contributed by atoms with Gasteiger partial charge in [-0.2, -0.15) is 0 Å². The van der Waals surface area contributed by atoms with Crippen molar-refractivity contribution in [1.29, 1.82) is 0 Å². The van der Waals surface area contributed by atoms with Crippen molar-refractivity contribution in [3.63, 3.8) is 0 Å². The second kappa shape index (κ2) is 7.73. The molecule has 0 bridgehead atoms. The van der Waals surface area contributed by atoms with E-state index in [1.807, 2.05) is 30.3 Å². The number of halogens is 1. The predicted octanol–water partition coefficient (Wildman–Crippen LogP) is 5.39. The van der Waals surface area contributed by atoms with Gasteiger partial charge in [0, 0.05) is 22.2 Å². The van der Waals surface area contributed by atoms with Crippen LogP contribution >= 0.6 is 22.7 Å². The van der Waals surface area contributed by atoms with Crippen LogP contribution < -0.4 is 11.1 Å². The Hall–Kier alpha value is -2.91. The first kappa shape index (κ1) is 19.1. The number of aromatic nitrogens is 3. The maximum Gasteiger partial charge on any atom is 0.269 e. The maximum atomic E-state index is 14.5. The number of rotatable bonds is 3. The van der Waals surface area contributed by atoms with Gasteiger partial charge in [-0.1, -0.05) is 41.7 Å². The van der Waals surface area contributed by atoms with Crippen molar-refractivity contribution in [1.82, 2.24) is 15.2 Å². The average Bonchev–Trinajstić information content (AvgIpc) is 3.30. The van der Waals surface area contributed by atoms with Crippen molar-refractivity contribution >= 4 is 49.6 Å². The fraction of sp³-hybridized carbons (Fsp3) is 0.238. The summed E-state index contributed by atoms with van der Waals surface area (Å²) in [4.78, 5) is 18.5. The third-order valence-corrected chi connectivity index (χ3v) is 7.17. The molecule has 5 rings (SSSR count). The number of carbonyl (C=O) groups is 1. The Morgan fingerprint density at radius 2 is 2.00 bits per heavy atom. The first-order chi connectivity index (χ1) is 14.6.